The second-order valence-electron chi connectivity index (χ2n) is 9.23. The maximum absolute atomic E-state index is 14.6. The van der Waals surface area contributed by atoms with Gasteiger partial charge in [0.1, 0.15) is 0 Å². The zero-order chi connectivity index (χ0) is 33.3. The average molecular weight is 727 g/mol. The molecule has 3 aromatic rings. The van der Waals surface area contributed by atoms with Gasteiger partial charge in [-0.25, -0.2) is 0 Å². The molecule has 0 heterocycles. The van der Waals surface area contributed by atoms with Crippen molar-refractivity contribution in [2.45, 2.75) is 53.0 Å². The van der Waals surface area contributed by atoms with Crippen LogP contribution in [0.3, 0.4) is 0 Å². The van der Waals surface area contributed by atoms with Gasteiger partial charge >= 0.3 is 258 Å². The summed E-state index contributed by atoms with van der Waals surface area (Å²) in [5, 5.41) is 0. The Labute approximate surface area is 257 Å². The molecule has 0 radical (unpaired) electrons. The first-order chi connectivity index (χ1) is 20.5. The van der Waals surface area contributed by atoms with Crippen LogP contribution in [0.25, 0.3) is 0 Å². The van der Waals surface area contributed by atoms with Gasteiger partial charge in [0.25, 0.3) is 0 Å². The molecule has 0 N–H and O–H groups in total. The molecule has 4 nitrogen and oxygen atoms in total. The molecular weight excluding hydrogens is 707 g/mol. The van der Waals surface area contributed by atoms with E-state index in [2.05, 4.69) is 0 Å². The predicted molar refractivity (Wildman–Crippen MR) is 121 cm³/mol. The van der Waals surface area contributed by atoms with Crippen molar-refractivity contribution in [2.24, 2.45) is 0 Å². The van der Waals surface area contributed by atoms with Crippen LogP contribution in [0, 0.1) is 90.6 Å². The Bertz CT molecular complexity index is 1320. The molecule has 0 saturated heterocycles. The van der Waals surface area contributed by atoms with Crippen LogP contribution >= 0.6 is 0 Å². The van der Waals surface area contributed by atoms with Crippen molar-refractivity contribution in [2.75, 3.05) is 6.61 Å². The van der Waals surface area contributed by atoms with Crippen molar-refractivity contribution in [3.8, 4) is 0 Å². The molecule has 0 fully saturated rings. The van der Waals surface area contributed by atoms with Crippen LogP contribution in [0.15, 0.2) is 0 Å². The zero-order valence-electron chi connectivity index (χ0n) is 22.7. The van der Waals surface area contributed by atoms with E-state index in [1.807, 2.05) is 0 Å². The van der Waals surface area contributed by atoms with E-state index in [9.17, 15) is 52.7 Å². The molecule has 0 bridgehead atoms. The quantitative estimate of drug-likeness (QED) is 0.109. The molecule has 0 amide bonds. The molecule has 0 aliphatic rings. The summed E-state index contributed by atoms with van der Waals surface area (Å²) < 4.78 is 193. The van der Waals surface area contributed by atoms with E-state index < -0.39 is 142 Å². The van der Waals surface area contributed by atoms with Crippen LogP contribution in [0.4, 0.5) is 52.7 Å². The van der Waals surface area contributed by atoms with Gasteiger partial charge in [0.2, 0.25) is 0 Å². The number of halogens is 12. The third-order valence-corrected chi connectivity index (χ3v) is 7.04. The Morgan fingerprint density at radius 1 is 0.432 bits per heavy atom. The Morgan fingerprint density at radius 2 is 0.659 bits per heavy atom. The van der Waals surface area contributed by atoms with Crippen LogP contribution in [0.1, 0.15) is 39.8 Å². The van der Waals surface area contributed by atoms with Crippen LogP contribution in [0.2, 0.25) is 0 Å². The summed E-state index contributed by atoms with van der Waals surface area (Å²) in [6.45, 7) is -2.91. The Morgan fingerprint density at radius 3 is 0.864 bits per heavy atom. The zero-order valence-corrected chi connectivity index (χ0v) is 25.2. The first kappa shape index (κ1) is 36.0. The number of rotatable bonds is 12. The Kier molecular flexibility index (Phi) is 11.7. The molecule has 239 valence electrons. The van der Waals surface area contributed by atoms with Crippen LogP contribution in [0.5, 0.6) is 0 Å². The fourth-order valence-corrected chi connectivity index (χ4v) is 4.06. The molecule has 44 heavy (non-hydrogen) atoms. The second kappa shape index (κ2) is 14.3. The number of hydrogen-bond donors (Lipinski definition) is 0. The monoisotopic (exact) mass is 725 g/mol. The molecule has 0 aliphatic carbocycles. The summed E-state index contributed by atoms with van der Waals surface area (Å²) in [5.41, 5.74) is -7.39. The van der Waals surface area contributed by atoms with E-state index in [1.54, 1.807) is 0 Å². The van der Waals surface area contributed by atoms with Crippen molar-refractivity contribution >= 4 is 0 Å². The van der Waals surface area contributed by atoms with E-state index in [1.165, 1.54) is 0 Å². The molecule has 3 rings (SSSR count). The summed E-state index contributed by atoms with van der Waals surface area (Å²) in [6.07, 6.45) is -0.835. The first-order valence-electron chi connectivity index (χ1n) is 12.2. The van der Waals surface area contributed by atoms with Gasteiger partial charge in [-0.15, -0.1) is 0 Å². The topological polar surface area (TPSA) is 36.9 Å². The first-order valence-corrected chi connectivity index (χ1v) is 13.2. The minimum atomic E-state index is -3.03. The maximum atomic E-state index is 14.6. The Hall–Kier alpha value is -2.46. The molecule has 0 saturated carbocycles. The summed E-state index contributed by atoms with van der Waals surface area (Å²) in [7, 11) is 0. The van der Waals surface area contributed by atoms with Crippen LogP contribution < -0.4 is 0 Å². The predicted octanol–water partition coefficient (Wildman–Crippen LogP) is 7.75. The van der Waals surface area contributed by atoms with E-state index in [-0.39, 0.29) is 0 Å². The molecule has 3 aromatic carbocycles. The van der Waals surface area contributed by atoms with Gasteiger partial charge in [0.15, 0.2) is 0 Å². The van der Waals surface area contributed by atoms with Crippen LogP contribution in [-0.4, -0.2) is 12.6 Å². The third kappa shape index (κ3) is 6.86. The summed E-state index contributed by atoms with van der Waals surface area (Å²) >= 11 is 0.359. The van der Waals surface area contributed by atoms with E-state index in [0.717, 1.165) is 0 Å². The van der Waals surface area contributed by atoms with Gasteiger partial charge in [0.05, 0.1) is 0 Å². The summed E-state index contributed by atoms with van der Waals surface area (Å²) in [5.74, 6) is -25.7. The summed E-state index contributed by atoms with van der Waals surface area (Å²) in [6, 6.07) is 0. The van der Waals surface area contributed by atoms with Gasteiger partial charge < -0.3 is 0 Å². The number of ether oxygens (including phenoxy) is 3. The van der Waals surface area contributed by atoms with Crippen LogP contribution in [-0.2, 0) is 62.0 Å². The second-order valence-corrected chi connectivity index (χ2v) is 9.94. The SMILES string of the molecule is Cc1c(F)c(F)c(COC(CC[O][Zr])(OCc2c(F)c(F)c(C)c(F)c2F)OCc2c(F)c(F)c(C)c(F)c2F)c(F)c1F. The molecule has 0 atom stereocenters. The molecule has 0 spiro atoms. The van der Waals surface area contributed by atoms with Crippen molar-refractivity contribution in [3.05, 3.63) is 103 Å². The molecule has 0 aliphatic heterocycles. The van der Waals surface area contributed by atoms with Gasteiger partial charge in [-0.3, -0.25) is 0 Å². The van der Waals surface area contributed by atoms with Gasteiger partial charge in [-0.05, 0) is 0 Å². The van der Waals surface area contributed by atoms with Gasteiger partial charge in [-0.1, -0.05) is 0 Å². The van der Waals surface area contributed by atoms with Crippen molar-refractivity contribution in [1.82, 2.24) is 0 Å². The third-order valence-electron chi connectivity index (χ3n) is 6.54. The molecule has 0 unspecified atom stereocenters. The Balaban J connectivity index is 2.12. The fourth-order valence-electron chi connectivity index (χ4n) is 3.80. The van der Waals surface area contributed by atoms with Crippen molar-refractivity contribution < 1.29 is 94.9 Å². The van der Waals surface area contributed by atoms with Gasteiger partial charge in [0, 0.05) is 0 Å². The standard InChI is InChI=1S/C27H19F12O4.Zr/c1-9-15(28)21(34)12(22(35)16(9)29)6-41-27(4-5-40,42-7-13-23(36)17(30)10(2)18(31)24(13)37)43-8-14-25(38)19(32)11(3)20(33)26(14)39;/h4-8H2,1-3H3;/q-1;+1. The van der Waals surface area contributed by atoms with Gasteiger partial charge in [-0.2, -0.15) is 0 Å². The average Bonchev–Trinajstić information content (AvgIpc) is 3.01. The fraction of sp³-hybridized carbons (Fsp3) is 0.333. The number of benzene rings is 3. The minimum absolute atomic E-state index is 0.359. The van der Waals surface area contributed by atoms with Crippen molar-refractivity contribution in [3.63, 3.8) is 0 Å². The van der Waals surface area contributed by atoms with E-state index in [4.69, 9.17) is 17.0 Å². The van der Waals surface area contributed by atoms with E-state index in [0.29, 0.717) is 45.9 Å². The normalized spacial score (nSPS) is 12.0. The molecular formula is C27H19F12O4Zr. The summed E-state index contributed by atoms with van der Waals surface area (Å²) in [4.78, 5) is 0. The number of hydrogen-bond acceptors (Lipinski definition) is 4. The molecule has 17 heteroatoms. The van der Waals surface area contributed by atoms with E-state index >= 15 is 0 Å². The van der Waals surface area contributed by atoms with Crippen molar-refractivity contribution in [1.29, 1.82) is 0 Å². The molecule has 0 aromatic heterocycles.